The summed E-state index contributed by atoms with van der Waals surface area (Å²) in [5, 5.41) is 13.3. The summed E-state index contributed by atoms with van der Waals surface area (Å²) in [4.78, 5) is 34.0. The summed E-state index contributed by atoms with van der Waals surface area (Å²) >= 11 is 0. The number of carbonyl (C=O) groups is 2. The van der Waals surface area contributed by atoms with Gasteiger partial charge in [-0.1, -0.05) is 18.9 Å². The van der Waals surface area contributed by atoms with E-state index in [1.807, 2.05) is 48.0 Å². The van der Waals surface area contributed by atoms with Gasteiger partial charge in [-0.05, 0) is 92.3 Å². The second-order valence-corrected chi connectivity index (χ2v) is 11.8. The molecule has 2 fully saturated rings. The van der Waals surface area contributed by atoms with Crippen molar-refractivity contribution in [2.45, 2.75) is 57.0 Å². The van der Waals surface area contributed by atoms with Crippen LogP contribution in [-0.4, -0.2) is 36.1 Å². The predicted octanol–water partition coefficient (Wildman–Crippen LogP) is 6.67. The van der Waals surface area contributed by atoms with Crippen molar-refractivity contribution in [2.24, 2.45) is 7.05 Å². The van der Waals surface area contributed by atoms with Gasteiger partial charge in [-0.3, -0.25) is 9.78 Å². The topological polar surface area (TPSA) is 102 Å². The molecule has 218 valence electrons. The molecule has 0 atom stereocenters. The molecule has 3 heterocycles. The number of halogens is 1. The van der Waals surface area contributed by atoms with Crippen molar-refractivity contribution in [1.82, 2.24) is 24.4 Å². The highest BCUT2D eigenvalue weighted by Gasteiger charge is 2.49. The quantitative estimate of drug-likeness (QED) is 0.210. The van der Waals surface area contributed by atoms with Crippen LogP contribution in [0.15, 0.2) is 60.8 Å². The van der Waals surface area contributed by atoms with E-state index in [0.717, 1.165) is 82.0 Å². The van der Waals surface area contributed by atoms with Gasteiger partial charge in [0.2, 0.25) is 0 Å². The number of aryl methyl sites for hydroxylation is 2. The van der Waals surface area contributed by atoms with Crippen LogP contribution in [0.2, 0.25) is 0 Å². The Labute approximate surface area is 247 Å². The maximum absolute atomic E-state index is 13.7. The van der Waals surface area contributed by atoms with E-state index in [0.29, 0.717) is 11.6 Å². The van der Waals surface area contributed by atoms with Crippen molar-refractivity contribution < 1.29 is 19.1 Å². The molecule has 0 unspecified atom stereocenters. The molecule has 0 bridgehead atoms. The Morgan fingerprint density at radius 2 is 1.86 bits per heavy atom. The number of rotatable bonds is 7. The second-order valence-electron chi connectivity index (χ2n) is 11.8. The molecule has 2 N–H and O–H groups in total. The lowest BCUT2D eigenvalue weighted by Crippen LogP contribution is -2.36. The number of pyridine rings is 1. The predicted molar refractivity (Wildman–Crippen MR) is 163 cm³/mol. The number of carbonyl (C=O) groups excluding carboxylic acids is 1. The van der Waals surface area contributed by atoms with E-state index < -0.39 is 11.5 Å². The number of benzene rings is 2. The van der Waals surface area contributed by atoms with Gasteiger partial charge in [0.05, 0.1) is 34.2 Å². The minimum Gasteiger partial charge on any atom is -0.478 e. The zero-order valence-corrected chi connectivity index (χ0v) is 24.1. The lowest BCUT2D eigenvalue weighted by atomic mass is 10.1. The molecule has 3 aromatic heterocycles. The van der Waals surface area contributed by atoms with E-state index in [4.69, 9.17) is 10.1 Å². The van der Waals surface area contributed by atoms with Gasteiger partial charge in [0.15, 0.2) is 0 Å². The van der Waals surface area contributed by atoms with Crippen molar-refractivity contribution >= 4 is 39.9 Å². The molecular weight excluding hydrogens is 545 g/mol. The van der Waals surface area contributed by atoms with Crippen LogP contribution >= 0.6 is 0 Å². The van der Waals surface area contributed by atoms with E-state index in [1.165, 1.54) is 25.1 Å². The van der Waals surface area contributed by atoms with Crippen molar-refractivity contribution in [2.75, 3.05) is 0 Å². The van der Waals surface area contributed by atoms with E-state index in [1.54, 1.807) is 12.1 Å². The number of aromatic nitrogens is 4. The van der Waals surface area contributed by atoms with Gasteiger partial charge in [-0.15, -0.1) is 0 Å². The molecule has 43 heavy (non-hydrogen) atoms. The van der Waals surface area contributed by atoms with Crippen molar-refractivity contribution in [3.05, 3.63) is 89.1 Å². The number of amides is 1. The third-order valence-corrected chi connectivity index (χ3v) is 9.03. The van der Waals surface area contributed by atoms with Gasteiger partial charge >= 0.3 is 5.97 Å². The summed E-state index contributed by atoms with van der Waals surface area (Å²) < 4.78 is 18.1. The third kappa shape index (κ3) is 4.69. The molecule has 7 rings (SSSR count). The van der Waals surface area contributed by atoms with Crippen LogP contribution in [0.1, 0.15) is 71.9 Å². The summed E-state index contributed by atoms with van der Waals surface area (Å²) in [5.74, 6) is -0.748. The Bertz CT molecular complexity index is 1940. The summed E-state index contributed by atoms with van der Waals surface area (Å²) in [5.41, 5.74) is 6.24. The first-order chi connectivity index (χ1) is 20.7. The van der Waals surface area contributed by atoms with Crippen molar-refractivity contribution in [3.8, 4) is 11.4 Å². The monoisotopic (exact) mass is 577 g/mol. The number of carboxylic acids is 1. The Balaban J connectivity index is 1.23. The molecular formula is C34H32FN5O3. The number of carboxylic acid groups (broad SMARTS) is 1. The largest absolute Gasteiger partial charge is 0.478 e. The van der Waals surface area contributed by atoms with E-state index >= 15 is 0 Å². The number of nitrogens with zero attached hydrogens (tertiary/aromatic N) is 4. The van der Waals surface area contributed by atoms with E-state index in [-0.39, 0.29) is 11.7 Å². The highest BCUT2D eigenvalue weighted by molar-refractivity contribution is 6.01. The van der Waals surface area contributed by atoms with Gasteiger partial charge in [0.1, 0.15) is 11.6 Å². The number of hydrogen-bond acceptors (Lipinski definition) is 4. The summed E-state index contributed by atoms with van der Waals surface area (Å²) in [6.45, 7) is 2.05. The summed E-state index contributed by atoms with van der Waals surface area (Å²) in [7, 11) is 1.92. The first kappa shape index (κ1) is 27.1. The molecule has 9 heteroatoms. The molecule has 2 saturated carbocycles. The molecule has 2 aromatic carbocycles. The van der Waals surface area contributed by atoms with Crippen LogP contribution in [0, 0.1) is 12.7 Å². The van der Waals surface area contributed by atoms with Crippen LogP contribution in [0.5, 0.6) is 0 Å². The molecule has 5 aromatic rings. The van der Waals surface area contributed by atoms with Gasteiger partial charge in [0, 0.05) is 35.6 Å². The minimum absolute atomic E-state index is 0.161. The standard InChI is InChI=1S/C34H32FN5O3/c1-20-25-18-22(9-13-28(25)40(24-5-3-4-6-24)31(20)27-12-10-23(35)19-36-27)32(43)38-34(15-16-34)33-37-26-11-7-21(8-14-30(41)42)17-29(26)39(33)2/h7-14,17-19,24H,3-6,15-16H2,1-2H3,(H,38,43)(H,41,42)/b14-8+. The van der Waals surface area contributed by atoms with E-state index in [9.17, 15) is 14.0 Å². The van der Waals surface area contributed by atoms with Crippen LogP contribution in [0.25, 0.3) is 39.4 Å². The maximum atomic E-state index is 13.7. The normalized spacial score (nSPS) is 16.4. The zero-order chi connectivity index (χ0) is 29.9. The molecule has 0 saturated heterocycles. The number of fused-ring (bicyclic) bond motifs is 2. The van der Waals surface area contributed by atoms with Gasteiger partial charge in [0.25, 0.3) is 5.91 Å². The van der Waals surface area contributed by atoms with Gasteiger partial charge in [-0.25, -0.2) is 14.2 Å². The average Bonchev–Trinajstić information content (AvgIpc) is 3.30. The lowest BCUT2D eigenvalue weighted by molar-refractivity contribution is -0.131. The van der Waals surface area contributed by atoms with Crippen molar-refractivity contribution in [3.63, 3.8) is 0 Å². The number of aliphatic carboxylic acids is 1. The lowest BCUT2D eigenvalue weighted by Gasteiger charge is -2.19. The Kier molecular flexibility index (Phi) is 6.41. The van der Waals surface area contributed by atoms with Crippen molar-refractivity contribution in [1.29, 1.82) is 0 Å². The molecule has 0 spiro atoms. The SMILES string of the molecule is Cc1c(-c2ccc(F)cn2)n(C2CCCC2)c2ccc(C(=O)NC3(c4nc5ccc(/C=C/C(=O)O)cc5n4C)CC3)cc12. The Hall–Kier alpha value is -4.79. The zero-order valence-electron chi connectivity index (χ0n) is 24.1. The van der Waals surface area contributed by atoms with Gasteiger partial charge in [-0.2, -0.15) is 0 Å². The molecule has 2 aliphatic carbocycles. The Morgan fingerprint density at radius 3 is 2.56 bits per heavy atom. The smallest absolute Gasteiger partial charge is 0.328 e. The molecule has 0 radical (unpaired) electrons. The Morgan fingerprint density at radius 1 is 1.07 bits per heavy atom. The first-order valence-electron chi connectivity index (χ1n) is 14.7. The maximum Gasteiger partial charge on any atom is 0.328 e. The minimum atomic E-state index is -1.00. The number of nitrogens with one attached hydrogen (secondary N) is 1. The number of imidazole rings is 1. The highest BCUT2D eigenvalue weighted by Crippen LogP contribution is 2.46. The third-order valence-electron chi connectivity index (χ3n) is 9.03. The summed E-state index contributed by atoms with van der Waals surface area (Å²) in [6, 6.07) is 15.0. The van der Waals surface area contributed by atoms with Gasteiger partial charge < -0.3 is 19.6 Å². The van der Waals surface area contributed by atoms with Crippen LogP contribution in [-0.2, 0) is 17.4 Å². The second kappa shape index (κ2) is 10.2. The molecule has 8 nitrogen and oxygen atoms in total. The molecule has 0 aliphatic heterocycles. The summed E-state index contributed by atoms with van der Waals surface area (Å²) in [6.07, 6.45) is 9.99. The fourth-order valence-electron chi connectivity index (χ4n) is 6.71. The first-order valence-corrected chi connectivity index (χ1v) is 14.7. The van der Waals surface area contributed by atoms with E-state index in [2.05, 4.69) is 21.8 Å². The number of hydrogen-bond donors (Lipinski definition) is 2. The fourth-order valence-corrected chi connectivity index (χ4v) is 6.71. The molecule has 2 aliphatic rings. The fraction of sp³-hybridized carbons (Fsp3) is 0.294. The molecule has 1 amide bonds. The highest BCUT2D eigenvalue weighted by atomic mass is 19.1. The van der Waals surface area contributed by atoms with Crippen LogP contribution in [0.4, 0.5) is 4.39 Å². The van der Waals surface area contributed by atoms with Crippen LogP contribution in [0.3, 0.4) is 0 Å². The average molecular weight is 578 g/mol. The van der Waals surface area contributed by atoms with Crippen LogP contribution < -0.4 is 5.32 Å².